The average molecular weight is 308 g/mol. The summed E-state index contributed by atoms with van der Waals surface area (Å²) in [5, 5.41) is 4.19. The summed E-state index contributed by atoms with van der Waals surface area (Å²) in [6.07, 6.45) is 1.80. The Bertz CT molecular complexity index is 536. The first-order chi connectivity index (χ1) is 10.1. The zero-order valence-electron chi connectivity index (χ0n) is 12.6. The van der Waals surface area contributed by atoms with Gasteiger partial charge in [-0.2, -0.15) is 0 Å². The number of carbonyl (C=O) groups is 1. The van der Waals surface area contributed by atoms with Gasteiger partial charge in [-0.15, -0.1) is 0 Å². The van der Waals surface area contributed by atoms with Gasteiger partial charge >= 0.3 is 0 Å². The molecule has 3 unspecified atom stereocenters. The van der Waals surface area contributed by atoms with Crippen LogP contribution < -0.4 is 5.32 Å². The van der Waals surface area contributed by atoms with Crippen molar-refractivity contribution in [2.45, 2.75) is 38.0 Å². The molecule has 3 atom stereocenters. The molecule has 2 aliphatic rings. The van der Waals surface area contributed by atoms with Gasteiger partial charge in [-0.25, -0.2) is 0 Å². The first-order valence-electron chi connectivity index (χ1n) is 7.62. The monoisotopic (exact) mass is 307 g/mol. The quantitative estimate of drug-likeness (QED) is 0.930. The molecule has 21 heavy (non-hydrogen) atoms. The largest absolute Gasteiger partial charge is 0.317 e. The van der Waals surface area contributed by atoms with E-state index < -0.39 is 0 Å². The summed E-state index contributed by atoms with van der Waals surface area (Å²) in [6.45, 7) is 4.04. The summed E-state index contributed by atoms with van der Waals surface area (Å²) in [4.78, 5) is 17.0. The van der Waals surface area contributed by atoms with Gasteiger partial charge in [-0.05, 0) is 44.1 Å². The van der Waals surface area contributed by atoms with Gasteiger partial charge in [0.15, 0.2) is 0 Å². The predicted molar refractivity (Wildman–Crippen MR) is 84.2 cm³/mol. The second kappa shape index (κ2) is 5.95. The molecule has 0 radical (unpaired) electrons. The van der Waals surface area contributed by atoms with Crippen molar-refractivity contribution >= 4 is 17.5 Å². The zero-order valence-corrected chi connectivity index (χ0v) is 13.3. The molecule has 4 nitrogen and oxygen atoms in total. The molecule has 2 heterocycles. The molecule has 5 heteroatoms. The summed E-state index contributed by atoms with van der Waals surface area (Å²) in [5.74, 6) is 0.225. The minimum absolute atomic E-state index is 0.0577. The van der Waals surface area contributed by atoms with Gasteiger partial charge in [-0.3, -0.25) is 10.1 Å². The van der Waals surface area contributed by atoms with Crippen molar-refractivity contribution in [2.24, 2.45) is 0 Å². The molecule has 0 saturated carbocycles. The van der Waals surface area contributed by atoms with Crippen molar-refractivity contribution < 1.29 is 4.79 Å². The molecule has 3 rings (SSSR count). The predicted octanol–water partition coefficient (Wildman–Crippen LogP) is 2.25. The van der Waals surface area contributed by atoms with Crippen molar-refractivity contribution in [1.29, 1.82) is 0 Å². The number of amides is 1. The van der Waals surface area contributed by atoms with E-state index in [9.17, 15) is 4.79 Å². The molecule has 1 N–H and O–H groups in total. The highest BCUT2D eigenvalue weighted by Gasteiger charge is 2.43. The van der Waals surface area contributed by atoms with Crippen LogP contribution in [0.2, 0.25) is 5.02 Å². The smallest absolute Gasteiger partial charge is 0.241 e. The molecule has 2 aliphatic heterocycles. The lowest BCUT2D eigenvalue weighted by Crippen LogP contribution is -2.41. The molecule has 1 aromatic carbocycles. The summed E-state index contributed by atoms with van der Waals surface area (Å²) < 4.78 is 0. The Balaban J connectivity index is 1.91. The summed E-state index contributed by atoms with van der Waals surface area (Å²) in [7, 11) is 2.11. The van der Waals surface area contributed by atoms with Crippen LogP contribution in [0.3, 0.4) is 0 Å². The molecule has 2 saturated heterocycles. The van der Waals surface area contributed by atoms with Gasteiger partial charge in [0, 0.05) is 17.6 Å². The Hall–Kier alpha value is -1.10. The minimum Gasteiger partial charge on any atom is -0.317 e. The molecule has 114 valence electrons. The maximum absolute atomic E-state index is 12.7. The fourth-order valence-corrected chi connectivity index (χ4v) is 3.60. The third-order valence-corrected chi connectivity index (χ3v) is 4.76. The third-order valence-electron chi connectivity index (χ3n) is 4.52. The number of rotatable bonds is 3. The molecular weight excluding hydrogens is 286 g/mol. The lowest BCUT2D eigenvalue weighted by atomic mass is 10.1. The van der Waals surface area contributed by atoms with Crippen LogP contribution >= 0.6 is 11.6 Å². The van der Waals surface area contributed by atoms with E-state index in [1.807, 2.05) is 29.2 Å². The fraction of sp³-hybridized carbons (Fsp3) is 0.562. The maximum atomic E-state index is 12.7. The van der Waals surface area contributed by atoms with Crippen LogP contribution in [0.5, 0.6) is 0 Å². The fourth-order valence-electron chi connectivity index (χ4n) is 3.40. The number of likely N-dealkylation sites (tertiary alicyclic amines) is 1. The van der Waals surface area contributed by atoms with Crippen LogP contribution in [0.25, 0.3) is 0 Å². The van der Waals surface area contributed by atoms with Crippen molar-refractivity contribution in [3.63, 3.8) is 0 Å². The van der Waals surface area contributed by atoms with Crippen LogP contribution in [0.4, 0.5) is 0 Å². The van der Waals surface area contributed by atoms with Crippen LogP contribution in [0.15, 0.2) is 24.3 Å². The highest BCUT2D eigenvalue weighted by atomic mass is 35.5. The molecule has 0 bridgehead atoms. The third kappa shape index (κ3) is 2.80. The highest BCUT2D eigenvalue weighted by molar-refractivity contribution is 6.30. The van der Waals surface area contributed by atoms with E-state index in [1.165, 1.54) is 0 Å². The number of likely N-dealkylation sites (N-methyl/N-ethyl adjacent to an activating group) is 1. The van der Waals surface area contributed by atoms with Crippen LogP contribution in [-0.4, -0.2) is 47.9 Å². The topological polar surface area (TPSA) is 35.6 Å². The van der Waals surface area contributed by atoms with Gasteiger partial charge < -0.3 is 9.80 Å². The normalized spacial score (nSPS) is 30.3. The van der Waals surface area contributed by atoms with Gasteiger partial charge in [0.1, 0.15) is 6.17 Å². The Morgan fingerprint density at radius 1 is 1.43 bits per heavy atom. The molecule has 1 aromatic rings. The SMILES string of the molecule is CCC1NC(c2cccc(Cl)c2)N(C2CCN(C)C2)C1=O. The molecular formula is C16H22ClN3O. The van der Waals surface area contributed by atoms with Crippen molar-refractivity contribution in [1.82, 2.24) is 15.1 Å². The zero-order chi connectivity index (χ0) is 15.0. The molecule has 0 spiro atoms. The van der Waals surface area contributed by atoms with Crippen LogP contribution in [-0.2, 0) is 4.79 Å². The van der Waals surface area contributed by atoms with E-state index in [4.69, 9.17) is 11.6 Å². The second-order valence-corrected chi connectivity index (χ2v) is 6.47. The number of carbonyl (C=O) groups excluding carboxylic acids is 1. The number of nitrogens with one attached hydrogen (secondary N) is 1. The van der Waals surface area contributed by atoms with E-state index in [0.717, 1.165) is 31.5 Å². The lowest BCUT2D eigenvalue weighted by molar-refractivity contribution is -0.132. The van der Waals surface area contributed by atoms with E-state index >= 15 is 0 Å². The minimum atomic E-state index is -0.0834. The van der Waals surface area contributed by atoms with Crippen molar-refractivity contribution in [3.05, 3.63) is 34.9 Å². The van der Waals surface area contributed by atoms with Crippen LogP contribution in [0, 0.1) is 0 Å². The molecule has 0 aromatic heterocycles. The Morgan fingerprint density at radius 3 is 2.86 bits per heavy atom. The second-order valence-electron chi connectivity index (χ2n) is 6.04. The summed E-state index contributed by atoms with van der Waals surface area (Å²) >= 11 is 6.12. The van der Waals surface area contributed by atoms with Crippen molar-refractivity contribution in [3.8, 4) is 0 Å². The Labute approximate surface area is 131 Å². The lowest BCUT2D eigenvalue weighted by Gasteiger charge is -2.30. The standard InChI is InChI=1S/C16H22ClN3O/c1-3-14-16(21)20(13-7-8-19(2)10-13)15(18-14)11-5-4-6-12(17)9-11/h4-6,9,13-15,18H,3,7-8,10H2,1-2H3. The number of benzene rings is 1. The number of hydrogen-bond donors (Lipinski definition) is 1. The Morgan fingerprint density at radius 2 is 2.24 bits per heavy atom. The molecule has 0 aliphatic carbocycles. The first-order valence-corrected chi connectivity index (χ1v) is 8.00. The van der Waals surface area contributed by atoms with Gasteiger partial charge in [-0.1, -0.05) is 30.7 Å². The highest BCUT2D eigenvalue weighted by Crippen LogP contribution is 2.32. The average Bonchev–Trinajstić information content (AvgIpc) is 3.02. The Kier molecular flexibility index (Phi) is 4.20. The first kappa shape index (κ1) is 14.8. The van der Waals surface area contributed by atoms with Crippen molar-refractivity contribution in [2.75, 3.05) is 20.1 Å². The van der Waals surface area contributed by atoms with E-state index in [-0.39, 0.29) is 24.2 Å². The van der Waals surface area contributed by atoms with E-state index in [0.29, 0.717) is 5.02 Å². The molecule has 2 fully saturated rings. The van der Waals surface area contributed by atoms with Gasteiger partial charge in [0.2, 0.25) is 5.91 Å². The van der Waals surface area contributed by atoms with Gasteiger partial charge in [0.25, 0.3) is 0 Å². The number of nitrogens with zero attached hydrogens (tertiary/aromatic N) is 2. The van der Waals surface area contributed by atoms with E-state index in [2.05, 4.69) is 24.2 Å². The summed E-state index contributed by atoms with van der Waals surface area (Å²) in [5.41, 5.74) is 1.07. The van der Waals surface area contributed by atoms with E-state index in [1.54, 1.807) is 0 Å². The van der Waals surface area contributed by atoms with Gasteiger partial charge in [0.05, 0.1) is 6.04 Å². The maximum Gasteiger partial charge on any atom is 0.241 e. The van der Waals surface area contributed by atoms with Crippen LogP contribution in [0.1, 0.15) is 31.5 Å². The molecule has 1 amide bonds. The number of halogens is 1. The summed E-state index contributed by atoms with van der Waals surface area (Å²) in [6, 6.07) is 8.02. The number of hydrogen-bond acceptors (Lipinski definition) is 3.